The predicted octanol–water partition coefficient (Wildman–Crippen LogP) is 2.23. The van der Waals surface area contributed by atoms with E-state index in [1.54, 1.807) is 29.6 Å². The number of ether oxygens (including phenoxy) is 1. The van der Waals surface area contributed by atoms with Crippen molar-refractivity contribution < 1.29 is 18.3 Å². The van der Waals surface area contributed by atoms with Crippen LogP contribution >= 0.6 is 0 Å². The van der Waals surface area contributed by atoms with Crippen molar-refractivity contribution in [3.63, 3.8) is 0 Å². The molecule has 0 bridgehead atoms. The molecule has 1 amide bonds. The summed E-state index contributed by atoms with van der Waals surface area (Å²) >= 11 is 0. The molecule has 0 saturated carbocycles. The summed E-state index contributed by atoms with van der Waals surface area (Å²) in [7, 11) is 0. The quantitative estimate of drug-likeness (QED) is 0.812. The Balaban J connectivity index is 1.69. The molecule has 1 atom stereocenters. The van der Waals surface area contributed by atoms with Crippen LogP contribution < -0.4 is 4.74 Å². The number of likely N-dealkylation sites (tertiary alicyclic amines) is 1. The van der Waals surface area contributed by atoms with Gasteiger partial charge < -0.3 is 14.2 Å². The van der Waals surface area contributed by atoms with Crippen molar-refractivity contribution in [1.29, 1.82) is 0 Å². The van der Waals surface area contributed by atoms with Crippen molar-refractivity contribution in [1.82, 2.24) is 19.4 Å². The summed E-state index contributed by atoms with van der Waals surface area (Å²) in [4.78, 5) is 22.6. The van der Waals surface area contributed by atoms with Crippen LogP contribution in [0.2, 0.25) is 0 Å². The molecule has 1 fully saturated rings. The highest BCUT2D eigenvalue weighted by Crippen LogP contribution is 2.22. The lowest BCUT2D eigenvalue weighted by molar-refractivity contribution is 0.0710. The monoisotopic (exact) mass is 336 g/mol. The van der Waals surface area contributed by atoms with E-state index in [9.17, 15) is 13.6 Å². The topological polar surface area (TPSA) is 60.2 Å². The summed E-state index contributed by atoms with van der Waals surface area (Å²) in [5.41, 5.74) is 0.208. The van der Waals surface area contributed by atoms with Crippen molar-refractivity contribution in [2.75, 3.05) is 13.2 Å². The van der Waals surface area contributed by atoms with E-state index in [1.165, 1.54) is 6.07 Å². The third-order valence-corrected chi connectivity index (χ3v) is 3.92. The van der Waals surface area contributed by atoms with E-state index in [0.717, 1.165) is 12.8 Å². The molecule has 2 aromatic rings. The number of alkyl halides is 2. The lowest BCUT2D eigenvalue weighted by Crippen LogP contribution is -2.38. The van der Waals surface area contributed by atoms with Crippen LogP contribution in [0.3, 0.4) is 0 Å². The summed E-state index contributed by atoms with van der Waals surface area (Å²) in [6.45, 7) is 0.590. The molecule has 1 aliphatic rings. The standard InChI is InChI=1S/C16H18F2N4O2/c17-14(18)10-24-15-5-1-4-13(20-15)16(23)22-7-2-3-12(22)9-21-8-6-19-11-21/h1,4-6,8,11-12,14H,2-3,7,9-10H2. The first-order valence-corrected chi connectivity index (χ1v) is 7.78. The molecule has 8 heteroatoms. The first kappa shape index (κ1) is 16.4. The number of amides is 1. The maximum absolute atomic E-state index is 12.7. The Morgan fingerprint density at radius 3 is 3.04 bits per heavy atom. The summed E-state index contributed by atoms with van der Waals surface area (Å²) in [6, 6.07) is 4.69. The van der Waals surface area contributed by atoms with Crippen LogP contribution in [0.5, 0.6) is 5.88 Å². The maximum atomic E-state index is 12.7. The Kier molecular flexibility index (Phi) is 5.02. The van der Waals surface area contributed by atoms with E-state index in [1.807, 2.05) is 10.8 Å². The number of hydrogen-bond donors (Lipinski definition) is 0. The molecule has 1 aliphatic heterocycles. The van der Waals surface area contributed by atoms with E-state index < -0.39 is 13.0 Å². The lowest BCUT2D eigenvalue weighted by Gasteiger charge is -2.24. The molecule has 6 nitrogen and oxygen atoms in total. The van der Waals surface area contributed by atoms with Crippen LogP contribution in [0.4, 0.5) is 8.78 Å². The van der Waals surface area contributed by atoms with E-state index >= 15 is 0 Å². The third-order valence-electron chi connectivity index (χ3n) is 3.92. The van der Waals surface area contributed by atoms with Crippen molar-refractivity contribution in [3.05, 3.63) is 42.6 Å². The van der Waals surface area contributed by atoms with Crippen molar-refractivity contribution in [2.45, 2.75) is 31.9 Å². The van der Waals surface area contributed by atoms with Crippen LogP contribution in [0.1, 0.15) is 23.3 Å². The minimum atomic E-state index is -2.58. The Labute approximate surface area is 138 Å². The van der Waals surface area contributed by atoms with Gasteiger partial charge in [0.2, 0.25) is 5.88 Å². The average molecular weight is 336 g/mol. The zero-order chi connectivity index (χ0) is 16.9. The Bertz CT molecular complexity index is 678. The second-order valence-electron chi connectivity index (χ2n) is 5.62. The number of halogens is 2. The van der Waals surface area contributed by atoms with Gasteiger partial charge in [0.25, 0.3) is 12.3 Å². The second kappa shape index (κ2) is 7.37. The molecule has 128 valence electrons. The maximum Gasteiger partial charge on any atom is 0.272 e. The van der Waals surface area contributed by atoms with Gasteiger partial charge in [-0.3, -0.25) is 4.79 Å². The minimum absolute atomic E-state index is 0.0338. The van der Waals surface area contributed by atoms with E-state index in [0.29, 0.717) is 13.1 Å². The molecule has 0 radical (unpaired) electrons. The summed E-state index contributed by atoms with van der Waals surface area (Å²) in [5.74, 6) is -0.174. The van der Waals surface area contributed by atoms with Gasteiger partial charge in [-0.15, -0.1) is 0 Å². The Morgan fingerprint density at radius 1 is 1.42 bits per heavy atom. The molecule has 0 spiro atoms. The van der Waals surface area contributed by atoms with Gasteiger partial charge in [0.15, 0.2) is 6.61 Å². The number of imidazole rings is 1. The van der Waals surface area contributed by atoms with Crippen LogP contribution in [-0.4, -0.2) is 51.0 Å². The number of carbonyl (C=O) groups excluding carboxylic acids is 1. The average Bonchev–Trinajstić information content (AvgIpc) is 3.25. The molecule has 1 saturated heterocycles. The molecule has 0 N–H and O–H groups in total. The van der Waals surface area contributed by atoms with Gasteiger partial charge in [0, 0.05) is 31.5 Å². The smallest absolute Gasteiger partial charge is 0.272 e. The van der Waals surface area contributed by atoms with Crippen LogP contribution in [0.25, 0.3) is 0 Å². The number of nitrogens with zero attached hydrogens (tertiary/aromatic N) is 4. The molecule has 3 rings (SSSR count). The zero-order valence-corrected chi connectivity index (χ0v) is 13.0. The van der Waals surface area contributed by atoms with Gasteiger partial charge in [0.1, 0.15) is 5.69 Å². The Hall–Kier alpha value is -2.51. The van der Waals surface area contributed by atoms with Crippen molar-refractivity contribution in [2.24, 2.45) is 0 Å². The van der Waals surface area contributed by atoms with E-state index in [-0.39, 0.29) is 23.5 Å². The second-order valence-corrected chi connectivity index (χ2v) is 5.62. The fourth-order valence-electron chi connectivity index (χ4n) is 2.84. The molecule has 0 aromatic carbocycles. The molecule has 2 aromatic heterocycles. The summed E-state index contributed by atoms with van der Waals surface area (Å²) in [6.07, 6.45) is 4.53. The highest BCUT2D eigenvalue weighted by molar-refractivity contribution is 5.92. The van der Waals surface area contributed by atoms with Crippen molar-refractivity contribution >= 4 is 5.91 Å². The highest BCUT2D eigenvalue weighted by Gasteiger charge is 2.30. The molecule has 1 unspecified atom stereocenters. The number of pyridine rings is 1. The Morgan fingerprint density at radius 2 is 2.29 bits per heavy atom. The van der Waals surface area contributed by atoms with E-state index in [2.05, 4.69) is 9.97 Å². The van der Waals surface area contributed by atoms with Crippen LogP contribution in [-0.2, 0) is 6.54 Å². The fraction of sp³-hybridized carbons (Fsp3) is 0.438. The van der Waals surface area contributed by atoms with Gasteiger partial charge in [-0.2, -0.15) is 0 Å². The lowest BCUT2D eigenvalue weighted by atomic mass is 10.2. The van der Waals surface area contributed by atoms with Gasteiger partial charge in [-0.05, 0) is 18.9 Å². The molecular formula is C16H18F2N4O2. The number of hydrogen-bond acceptors (Lipinski definition) is 4. The summed E-state index contributed by atoms with van der Waals surface area (Å²) in [5, 5.41) is 0. The van der Waals surface area contributed by atoms with Crippen molar-refractivity contribution in [3.8, 4) is 5.88 Å². The summed E-state index contributed by atoms with van der Waals surface area (Å²) < 4.78 is 31.3. The minimum Gasteiger partial charge on any atom is -0.472 e. The molecule has 3 heterocycles. The first-order chi connectivity index (χ1) is 11.6. The zero-order valence-electron chi connectivity index (χ0n) is 13.0. The van der Waals surface area contributed by atoms with Crippen LogP contribution in [0.15, 0.2) is 36.9 Å². The van der Waals surface area contributed by atoms with Crippen LogP contribution in [0, 0.1) is 0 Å². The van der Waals surface area contributed by atoms with E-state index in [4.69, 9.17) is 4.74 Å². The predicted molar refractivity (Wildman–Crippen MR) is 82.0 cm³/mol. The number of aromatic nitrogens is 3. The highest BCUT2D eigenvalue weighted by atomic mass is 19.3. The number of carbonyl (C=O) groups is 1. The molecular weight excluding hydrogens is 318 g/mol. The van der Waals surface area contributed by atoms with Gasteiger partial charge in [0.05, 0.1) is 12.4 Å². The van der Waals surface area contributed by atoms with Gasteiger partial charge >= 0.3 is 0 Å². The first-order valence-electron chi connectivity index (χ1n) is 7.78. The SMILES string of the molecule is O=C(c1cccc(OCC(F)F)n1)N1CCCC1Cn1ccnc1. The third kappa shape index (κ3) is 3.87. The van der Waals surface area contributed by atoms with Gasteiger partial charge in [-0.25, -0.2) is 18.7 Å². The fourth-order valence-corrected chi connectivity index (χ4v) is 2.84. The number of rotatable bonds is 6. The molecule has 0 aliphatic carbocycles. The van der Waals surface area contributed by atoms with Gasteiger partial charge in [-0.1, -0.05) is 6.07 Å². The molecule has 24 heavy (non-hydrogen) atoms. The normalized spacial score (nSPS) is 17.5. The largest absolute Gasteiger partial charge is 0.472 e.